The number of rotatable bonds is 4. The predicted molar refractivity (Wildman–Crippen MR) is 93.3 cm³/mol. The maximum atomic E-state index is 12.1. The fourth-order valence-corrected chi connectivity index (χ4v) is 4.56. The minimum atomic E-state index is -3.56. The van der Waals surface area contributed by atoms with Gasteiger partial charge in [0.05, 0.1) is 5.69 Å². The zero-order valence-corrected chi connectivity index (χ0v) is 15.6. The molecule has 5 rings (SSSR count). The molecule has 1 atom stereocenters. The van der Waals surface area contributed by atoms with E-state index in [-0.39, 0.29) is 40.3 Å². The summed E-state index contributed by atoms with van der Waals surface area (Å²) in [6, 6.07) is 0. The summed E-state index contributed by atoms with van der Waals surface area (Å²) in [5, 5.41) is 15.3. The fourth-order valence-electron chi connectivity index (χ4n) is 2.95. The van der Waals surface area contributed by atoms with Gasteiger partial charge in [0.15, 0.2) is 22.9 Å². The molecule has 0 radical (unpaired) electrons. The third-order valence-electron chi connectivity index (χ3n) is 4.27. The monoisotopic (exact) mass is 392 g/mol. The van der Waals surface area contributed by atoms with Gasteiger partial charge in [-0.2, -0.15) is 0 Å². The van der Waals surface area contributed by atoms with Gasteiger partial charge in [-0.1, -0.05) is 13.8 Å². The van der Waals surface area contributed by atoms with E-state index in [2.05, 4.69) is 19.9 Å². The first-order chi connectivity index (χ1) is 12.5. The Balaban J connectivity index is 2.02. The van der Waals surface area contributed by atoms with Crippen LogP contribution in [0, 0.1) is 10.8 Å². The molecule has 12 nitrogen and oxygen atoms in total. The van der Waals surface area contributed by atoms with Crippen LogP contribution in [0.5, 0.6) is 0 Å². The van der Waals surface area contributed by atoms with Crippen LogP contribution in [0.1, 0.15) is 49.6 Å². The van der Waals surface area contributed by atoms with Crippen LogP contribution in [0.15, 0.2) is 0 Å². The van der Waals surface area contributed by atoms with Crippen molar-refractivity contribution >= 4 is 30.7 Å². The van der Waals surface area contributed by atoms with Gasteiger partial charge in [0.1, 0.15) is 22.7 Å². The largest absolute Gasteiger partial charge is 0.480 e. The Hall–Kier alpha value is -2.53. The third-order valence-corrected chi connectivity index (χ3v) is 5.77. The molecule has 0 amide bonds. The molecule has 2 bridgehead atoms. The summed E-state index contributed by atoms with van der Waals surface area (Å²) in [5.74, 6) is -0.980. The first-order valence-electron chi connectivity index (χ1n) is 8.00. The fraction of sp³-hybridized carbons (Fsp3) is 0.429. The van der Waals surface area contributed by atoms with Crippen LogP contribution >= 0.6 is 7.82 Å². The molecule has 3 fully saturated rings. The zero-order chi connectivity index (χ0) is 19.7. The number of phosphoric ester groups is 1. The normalized spacial score (nSPS) is 29.1. The molecule has 0 saturated carbocycles. The number of phosphoric acid groups is 1. The quantitative estimate of drug-likeness (QED) is 0.328. The number of hydrogen-bond donors (Lipinski definition) is 4. The van der Waals surface area contributed by atoms with E-state index in [4.69, 9.17) is 35.9 Å². The highest BCUT2D eigenvalue weighted by atomic mass is 31.2. The minimum Gasteiger partial charge on any atom is -0.382 e. The Morgan fingerprint density at radius 2 is 1.81 bits per heavy atom. The van der Waals surface area contributed by atoms with Crippen molar-refractivity contribution in [1.29, 1.82) is 10.8 Å². The van der Waals surface area contributed by atoms with Crippen LogP contribution in [-0.2, 0) is 23.7 Å². The maximum absolute atomic E-state index is 12.1. The van der Waals surface area contributed by atoms with E-state index in [1.807, 2.05) is 13.8 Å². The average molecular weight is 392 g/mol. The molecule has 2 aromatic rings. The van der Waals surface area contributed by atoms with Crippen molar-refractivity contribution < 1.29 is 18.1 Å². The maximum Gasteiger partial charge on any atom is 0.480 e. The molecular formula is C14H17N8O4P. The lowest BCUT2D eigenvalue weighted by molar-refractivity contribution is -0.104. The Morgan fingerprint density at radius 3 is 2.30 bits per heavy atom. The molecule has 27 heavy (non-hydrogen) atoms. The van der Waals surface area contributed by atoms with Gasteiger partial charge >= 0.3 is 7.82 Å². The van der Waals surface area contributed by atoms with Gasteiger partial charge in [0, 0.05) is 0 Å². The highest BCUT2D eigenvalue weighted by molar-refractivity contribution is 7.50. The molecule has 3 aliphatic heterocycles. The minimum absolute atomic E-state index is 0.0170. The molecule has 6 N–H and O–H groups in total. The van der Waals surface area contributed by atoms with E-state index >= 15 is 0 Å². The molecule has 1 unspecified atom stereocenters. The topological polar surface area (TPSA) is 196 Å². The Kier molecular flexibility index (Phi) is 3.63. The van der Waals surface area contributed by atoms with Gasteiger partial charge in [0.25, 0.3) is 0 Å². The smallest absolute Gasteiger partial charge is 0.382 e. The Morgan fingerprint density at radius 1 is 1.15 bits per heavy atom. The number of nitrogens with one attached hydrogen (secondary N) is 2. The van der Waals surface area contributed by atoms with E-state index in [1.54, 1.807) is 6.92 Å². The van der Waals surface area contributed by atoms with Crippen LogP contribution < -0.4 is 11.5 Å². The van der Waals surface area contributed by atoms with E-state index in [9.17, 15) is 4.57 Å². The van der Waals surface area contributed by atoms with Gasteiger partial charge in [-0.05, 0) is 12.8 Å². The number of hydrogen-bond acceptors (Lipinski definition) is 10. The summed E-state index contributed by atoms with van der Waals surface area (Å²) in [6.07, 6.45) is -0.884. The molecule has 3 aliphatic rings. The van der Waals surface area contributed by atoms with E-state index in [0.717, 1.165) is 0 Å². The Labute approximate surface area is 153 Å². The van der Waals surface area contributed by atoms with Crippen molar-refractivity contribution in [3.8, 4) is 0 Å². The van der Waals surface area contributed by atoms with Crippen molar-refractivity contribution in [3.63, 3.8) is 0 Å². The molecule has 2 aromatic heterocycles. The summed E-state index contributed by atoms with van der Waals surface area (Å²) in [6.45, 7) is 5.43. The molecule has 3 saturated heterocycles. The first-order valence-corrected chi connectivity index (χ1v) is 9.46. The number of fused-ring (bicyclic) bond motifs is 2. The summed E-state index contributed by atoms with van der Waals surface area (Å²) in [7, 11) is -3.56. The second-order valence-electron chi connectivity index (χ2n) is 6.70. The van der Waals surface area contributed by atoms with E-state index in [1.165, 1.54) is 0 Å². The average Bonchev–Trinajstić information content (AvgIpc) is 2.98. The second kappa shape index (κ2) is 5.49. The number of aromatic nitrogens is 4. The van der Waals surface area contributed by atoms with Gasteiger partial charge in [0.2, 0.25) is 6.29 Å². The van der Waals surface area contributed by atoms with Crippen molar-refractivity contribution in [3.05, 3.63) is 22.9 Å². The molecular weight excluding hydrogens is 375 g/mol. The zero-order valence-electron chi connectivity index (χ0n) is 14.7. The van der Waals surface area contributed by atoms with Crippen LogP contribution in [-0.4, -0.2) is 37.9 Å². The molecule has 0 spiro atoms. The van der Waals surface area contributed by atoms with Crippen molar-refractivity contribution in [2.75, 3.05) is 0 Å². The number of nitrogens with zero attached hydrogens (tertiary/aromatic N) is 4. The summed E-state index contributed by atoms with van der Waals surface area (Å²) in [5.41, 5.74) is 11.0. The molecule has 142 valence electrons. The predicted octanol–water partition coefficient (Wildman–Crippen LogP) is 0.838. The highest BCUT2D eigenvalue weighted by Gasteiger charge is 2.68. The van der Waals surface area contributed by atoms with Gasteiger partial charge < -0.3 is 11.5 Å². The summed E-state index contributed by atoms with van der Waals surface area (Å²) >= 11 is 0. The van der Waals surface area contributed by atoms with Gasteiger partial charge in [-0.3, -0.25) is 24.4 Å². The van der Waals surface area contributed by atoms with Crippen LogP contribution in [0.4, 0.5) is 0 Å². The highest BCUT2D eigenvalue weighted by Crippen LogP contribution is 2.74. The van der Waals surface area contributed by atoms with Crippen molar-refractivity contribution in [2.24, 2.45) is 11.5 Å². The molecule has 0 aromatic carbocycles. The lowest BCUT2D eigenvalue weighted by Crippen LogP contribution is -2.37. The summed E-state index contributed by atoms with van der Waals surface area (Å²) in [4.78, 5) is 17.3. The van der Waals surface area contributed by atoms with Crippen molar-refractivity contribution in [1.82, 2.24) is 19.9 Å². The van der Waals surface area contributed by atoms with E-state index < -0.39 is 19.7 Å². The van der Waals surface area contributed by atoms with Crippen LogP contribution in [0.2, 0.25) is 0 Å². The van der Waals surface area contributed by atoms with Crippen LogP contribution in [0.25, 0.3) is 11.2 Å². The molecule has 13 heteroatoms. The third kappa shape index (κ3) is 2.52. The molecule has 5 heterocycles. The SMILES string of the molecule is CC(C)c1nc2nc(C(=N)N)nc(C(=N)N)c2nc1C1(C)OP2(=O)OC1O2. The van der Waals surface area contributed by atoms with Gasteiger partial charge in [-0.15, -0.1) is 0 Å². The lowest BCUT2D eigenvalue weighted by Gasteiger charge is -2.27. The first kappa shape index (κ1) is 17.9. The molecule has 0 aliphatic carbocycles. The second-order valence-corrected chi connectivity index (χ2v) is 8.19. The lowest BCUT2D eigenvalue weighted by atomic mass is 9.94. The van der Waals surface area contributed by atoms with Crippen molar-refractivity contribution in [2.45, 2.75) is 38.6 Å². The standard InChI is InChI=1S/C14H17N8O4P/c1-4(2)5-8(14(3)13-24-27(23,25-13)26-14)19-7-6(9(15)16)21-12(10(17)18)22-11(7)20-5/h4,13H,1-3H3,(H3,15,16)(H3,17,18). The van der Waals surface area contributed by atoms with Crippen LogP contribution in [0.3, 0.4) is 0 Å². The number of nitrogens with two attached hydrogens (primary N) is 2. The number of nitrogen functional groups attached to an aromatic ring is 2. The Bertz CT molecular complexity index is 1060. The van der Waals surface area contributed by atoms with E-state index in [0.29, 0.717) is 11.4 Å². The van der Waals surface area contributed by atoms with Gasteiger partial charge in [-0.25, -0.2) is 24.5 Å². The summed E-state index contributed by atoms with van der Waals surface area (Å²) < 4.78 is 28.0. The number of amidine groups is 2.